The number of nitrogens with zero attached hydrogens (tertiary/aromatic N) is 4. The first kappa shape index (κ1) is 15.1. The summed E-state index contributed by atoms with van der Waals surface area (Å²) in [7, 11) is -0.311. The van der Waals surface area contributed by atoms with Crippen LogP contribution in [0.1, 0.15) is 11.1 Å². The highest BCUT2D eigenvalue weighted by Gasteiger charge is 2.10. The first-order chi connectivity index (χ1) is 10.6. The van der Waals surface area contributed by atoms with Gasteiger partial charge in [0.25, 0.3) is 8.53 Å². The topological polar surface area (TPSA) is 90.2 Å². The average molecular weight is 319 g/mol. The predicted octanol–water partition coefficient (Wildman–Crippen LogP) is 1.49. The van der Waals surface area contributed by atoms with Crippen molar-refractivity contribution < 1.29 is 9.79 Å². The van der Waals surface area contributed by atoms with E-state index in [2.05, 4.69) is 33.3 Å². The summed E-state index contributed by atoms with van der Waals surface area (Å²) in [6.07, 6.45) is 5.96. The Kier molecular flexibility index (Phi) is 4.49. The highest BCUT2D eigenvalue weighted by molar-refractivity contribution is 7.42. The van der Waals surface area contributed by atoms with Crippen LogP contribution in [0.3, 0.4) is 0 Å². The summed E-state index contributed by atoms with van der Waals surface area (Å²) >= 11 is 0. The number of hydrogen-bond donors (Lipinski definition) is 3. The van der Waals surface area contributed by atoms with Crippen LogP contribution >= 0.6 is 8.53 Å². The van der Waals surface area contributed by atoms with Crippen molar-refractivity contribution in [1.82, 2.24) is 24.4 Å². The molecule has 0 fully saturated rings. The van der Waals surface area contributed by atoms with Gasteiger partial charge >= 0.3 is 0 Å². The molecule has 7 nitrogen and oxygen atoms in total. The van der Waals surface area contributed by atoms with Crippen molar-refractivity contribution in [2.75, 3.05) is 13.6 Å². The molecule has 8 heteroatoms. The fourth-order valence-corrected chi connectivity index (χ4v) is 2.68. The minimum atomic E-state index is -2.02. The second-order valence-corrected chi connectivity index (χ2v) is 6.41. The van der Waals surface area contributed by atoms with Crippen LogP contribution in [0, 0.1) is 0 Å². The number of aromatic nitrogens is 4. The summed E-state index contributed by atoms with van der Waals surface area (Å²) < 4.78 is 3.33. The molecule has 0 unspecified atom stereocenters. The van der Waals surface area contributed by atoms with E-state index in [0.717, 1.165) is 22.9 Å². The van der Waals surface area contributed by atoms with Crippen molar-refractivity contribution in [2.45, 2.75) is 13.0 Å². The molecule has 116 valence electrons. The Labute approximate surface area is 129 Å². The van der Waals surface area contributed by atoms with E-state index in [1.165, 1.54) is 11.9 Å². The van der Waals surface area contributed by atoms with Crippen molar-refractivity contribution in [1.29, 1.82) is 0 Å². The van der Waals surface area contributed by atoms with Crippen molar-refractivity contribution in [3.63, 3.8) is 0 Å². The lowest BCUT2D eigenvalue weighted by atomic mass is 10.1. The van der Waals surface area contributed by atoms with Crippen LogP contribution < -0.4 is 0 Å². The van der Waals surface area contributed by atoms with Gasteiger partial charge in [-0.2, -0.15) is 5.10 Å². The molecule has 22 heavy (non-hydrogen) atoms. The number of fused-ring (bicyclic) bond motifs is 1. The van der Waals surface area contributed by atoms with Crippen LogP contribution in [0.25, 0.3) is 10.9 Å². The van der Waals surface area contributed by atoms with Crippen LogP contribution in [0.4, 0.5) is 0 Å². The monoisotopic (exact) mass is 319 g/mol. The standard InChI is InChI=1S/C14H18N5O2P/c1-18(22(20)21)5-4-12-7-16-14-3-2-11(6-13(12)14)8-19-10-15-9-17-19/h2-3,6-7,9-10,16,20-21H,4-5,8H2,1H3. The highest BCUT2D eigenvalue weighted by atomic mass is 31.2. The molecule has 0 aliphatic carbocycles. The van der Waals surface area contributed by atoms with E-state index in [4.69, 9.17) is 0 Å². The quantitative estimate of drug-likeness (QED) is 0.599. The maximum absolute atomic E-state index is 9.17. The van der Waals surface area contributed by atoms with Gasteiger partial charge in [0.05, 0.1) is 6.54 Å². The zero-order valence-corrected chi connectivity index (χ0v) is 13.1. The number of H-pyrrole nitrogens is 1. The highest BCUT2D eigenvalue weighted by Crippen LogP contribution is 2.28. The lowest BCUT2D eigenvalue weighted by Gasteiger charge is -2.16. The van der Waals surface area contributed by atoms with Gasteiger partial charge in [-0.05, 0) is 36.7 Å². The molecule has 3 N–H and O–H groups in total. The van der Waals surface area contributed by atoms with Gasteiger partial charge in [0, 0.05) is 23.6 Å². The van der Waals surface area contributed by atoms with Crippen LogP contribution in [0.15, 0.2) is 37.1 Å². The zero-order valence-electron chi connectivity index (χ0n) is 12.2. The minimum Gasteiger partial charge on any atom is -0.361 e. The Morgan fingerprint density at radius 1 is 1.36 bits per heavy atom. The SMILES string of the molecule is CN(CCc1c[nH]c2ccc(Cn3cncn3)cc12)P(O)O. The van der Waals surface area contributed by atoms with Crippen LogP contribution in [0.2, 0.25) is 0 Å². The van der Waals surface area contributed by atoms with Crippen molar-refractivity contribution in [2.24, 2.45) is 0 Å². The third-order valence-corrected chi connectivity index (χ3v) is 4.46. The summed E-state index contributed by atoms with van der Waals surface area (Å²) in [5.41, 5.74) is 3.40. The summed E-state index contributed by atoms with van der Waals surface area (Å²) in [5, 5.41) is 5.28. The lowest BCUT2D eigenvalue weighted by Crippen LogP contribution is -2.14. The normalized spacial score (nSPS) is 11.9. The average Bonchev–Trinajstić information content (AvgIpc) is 3.14. The number of benzene rings is 1. The van der Waals surface area contributed by atoms with Gasteiger partial charge in [-0.15, -0.1) is 0 Å². The molecular weight excluding hydrogens is 301 g/mol. The maximum atomic E-state index is 9.17. The molecule has 3 aromatic rings. The summed E-state index contributed by atoms with van der Waals surface area (Å²) in [4.78, 5) is 25.5. The molecule has 0 saturated carbocycles. The van der Waals surface area contributed by atoms with Crippen molar-refractivity contribution in [3.05, 3.63) is 48.2 Å². The summed E-state index contributed by atoms with van der Waals surface area (Å²) in [5.74, 6) is 0. The van der Waals surface area contributed by atoms with Crippen LogP contribution in [-0.2, 0) is 13.0 Å². The van der Waals surface area contributed by atoms with E-state index < -0.39 is 8.53 Å². The molecule has 3 rings (SSSR count). The van der Waals surface area contributed by atoms with Gasteiger partial charge in [0.15, 0.2) is 0 Å². The molecule has 0 amide bonds. The number of likely N-dealkylation sites (N-methyl/N-ethyl adjacent to an activating group) is 1. The van der Waals surface area contributed by atoms with E-state index >= 15 is 0 Å². The Balaban J connectivity index is 1.79. The second-order valence-electron chi connectivity index (χ2n) is 5.19. The number of rotatable bonds is 6. The molecule has 0 bridgehead atoms. The van der Waals surface area contributed by atoms with Gasteiger partial charge in [-0.3, -0.25) is 0 Å². The number of hydrogen-bond acceptors (Lipinski definition) is 5. The van der Waals surface area contributed by atoms with E-state index in [9.17, 15) is 9.79 Å². The largest absolute Gasteiger partial charge is 0.361 e. The van der Waals surface area contributed by atoms with Gasteiger partial charge in [0.2, 0.25) is 0 Å². The molecule has 1 aromatic carbocycles. The predicted molar refractivity (Wildman–Crippen MR) is 85.1 cm³/mol. The Morgan fingerprint density at radius 3 is 2.95 bits per heavy atom. The molecular formula is C14H18N5O2P. The first-order valence-corrected chi connectivity index (χ1v) is 8.13. The number of nitrogens with one attached hydrogen (secondary N) is 1. The molecule has 2 heterocycles. The van der Waals surface area contributed by atoms with Gasteiger partial charge < -0.3 is 14.8 Å². The van der Waals surface area contributed by atoms with E-state index in [-0.39, 0.29) is 0 Å². The Hall–Kier alpha value is -1.79. The summed E-state index contributed by atoms with van der Waals surface area (Å²) in [6, 6.07) is 6.26. The number of aromatic amines is 1. The molecule has 0 spiro atoms. The third kappa shape index (κ3) is 3.34. The van der Waals surface area contributed by atoms with E-state index in [0.29, 0.717) is 13.1 Å². The molecule has 0 atom stereocenters. The van der Waals surface area contributed by atoms with Crippen molar-refractivity contribution >= 4 is 19.4 Å². The smallest absolute Gasteiger partial charge is 0.252 e. The van der Waals surface area contributed by atoms with E-state index in [1.54, 1.807) is 22.7 Å². The lowest BCUT2D eigenvalue weighted by molar-refractivity contribution is 0.379. The van der Waals surface area contributed by atoms with Crippen LogP contribution in [-0.4, -0.2) is 47.8 Å². The molecule has 0 radical (unpaired) electrons. The Bertz CT molecular complexity index is 741. The second kappa shape index (κ2) is 6.54. The van der Waals surface area contributed by atoms with Gasteiger partial charge in [0.1, 0.15) is 12.7 Å². The molecule has 0 aliphatic rings. The summed E-state index contributed by atoms with van der Waals surface area (Å²) in [6.45, 7) is 1.28. The zero-order chi connectivity index (χ0) is 15.5. The van der Waals surface area contributed by atoms with Crippen LogP contribution in [0.5, 0.6) is 0 Å². The maximum Gasteiger partial charge on any atom is 0.252 e. The van der Waals surface area contributed by atoms with Gasteiger partial charge in [-0.25, -0.2) is 14.3 Å². The van der Waals surface area contributed by atoms with Crippen molar-refractivity contribution in [3.8, 4) is 0 Å². The first-order valence-electron chi connectivity index (χ1n) is 6.93. The van der Waals surface area contributed by atoms with E-state index in [1.807, 2.05) is 6.20 Å². The minimum absolute atomic E-state index is 0.596. The fraction of sp³-hybridized carbons (Fsp3) is 0.286. The molecule has 0 saturated heterocycles. The fourth-order valence-electron chi connectivity index (χ4n) is 2.40. The third-order valence-electron chi connectivity index (χ3n) is 3.65. The Morgan fingerprint density at radius 2 is 2.23 bits per heavy atom. The molecule has 0 aliphatic heterocycles. The molecule has 2 aromatic heterocycles. The van der Waals surface area contributed by atoms with Gasteiger partial charge in [-0.1, -0.05) is 6.07 Å².